The summed E-state index contributed by atoms with van der Waals surface area (Å²) in [4.78, 5) is 44.8. The Balaban J connectivity index is 1.51. The Morgan fingerprint density at radius 1 is 0.854 bits per heavy atom. The van der Waals surface area contributed by atoms with Crippen molar-refractivity contribution < 1.29 is 27.9 Å². The minimum atomic E-state index is -0.774. The van der Waals surface area contributed by atoms with Crippen molar-refractivity contribution in [2.24, 2.45) is 0 Å². The van der Waals surface area contributed by atoms with E-state index in [-0.39, 0.29) is 23.3 Å². The van der Waals surface area contributed by atoms with Crippen LogP contribution in [0.1, 0.15) is 26.7 Å². The van der Waals surface area contributed by atoms with Crippen LogP contribution in [0.15, 0.2) is 60.8 Å². The van der Waals surface area contributed by atoms with Gasteiger partial charge in [0.05, 0.1) is 5.69 Å². The van der Waals surface area contributed by atoms with Gasteiger partial charge in [0.25, 0.3) is 0 Å². The van der Waals surface area contributed by atoms with Crippen LogP contribution >= 0.6 is 0 Å². The smallest absolute Gasteiger partial charge is 0.322 e. The minimum absolute atomic E-state index is 0.136. The van der Waals surface area contributed by atoms with Gasteiger partial charge in [0.15, 0.2) is 0 Å². The lowest BCUT2D eigenvalue weighted by Crippen LogP contribution is -2.34. The Morgan fingerprint density at radius 3 is 2.22 bits per heavy atom. The number of nitrogens with one attached hydrogen (secondary N) is 3. The summed E-state index contributed by atoms with van der Waals surface area (Å²) in [5.74, 6) is -1.87. The quantitative estimate of drug-likeness (QED) is 0.241. The first-order valence-corrected chi connectivity index (χ1v) is 13.2. The molecule has 218 valence electrons. The van der Waals surface area contributed by atoms with Gasteiger partial charge in [-0.15, -0.1) is 0 Å². The van der Waals surface area contributed by atoms with Crippen LogP contribution in [0.4, 0.5) is 30.8 Å². The Kier molecular flexibility index (Phi) is 11.5. The van der Waals surface area contributed by atoms with Crippen molar-refractivity contribution in [1.29, 1.82) is 0 Å². The standard InChI is InChI=1S/C29H34F2N6O4/c1-4-37(5-2)16-6-15-36(3)29(40)35-26-18-23(13-14-32-26)41-22-11-12-25(24(31)17-22)34-28(39)19-27(38)33-21-9-7-20(30)8-10-21/h7-14,17-18H,4-6,15-16,19H2,1-3H3,(H,33,38)(H,34,39)(H,32,35,40). The molecular formula is C29H34F2N6O4. The van der Waals surface area contributed by atoms with E-state index in [0.717, 1.165) is 32.1 Å². The van der Waals surface area contributed by atoms with Gasteiger partial charge in [0.2, 0.25) is 11.8 Å². The molecule has 0 aliphatic heterocycles. The van der Waals surface area contributed by atoms with E-state index in [1.165, 1.54) is 48.7 Å². The molecule has 12 heteroatoms. The van der Waals surface area contributed by atoms with Gasteiger partial charge >= 0.3 is 6.03 Å². The van der Waals surface area contributed by atoms with Crippen molar-refractivity contribution in [3.8, 4) is 11.5 Å². The summed E-state index contributed by atoms with van der Waals surface area (Å²) in [6.07, 6.45) is 1.73. The monoisotopic (exact) mass is 568 g/mol. The molecule has 3 aromatic rings. The Morgan fingerprint density at radius 2 is 1.54 bits per heavy atom. The second-order valence-electron chi connectivity index (χ2n) is 9.13. The van der Waals surface area contributed by atoms with Gasteiger partial charge in [-0.1, -0.05) is 13.8 Å². The molecule has 0 radical (unpaired) electrons. The summed E-state index contributed by atoms with van der Waals surface area (Å²) < 4.78 is 33.4. The van der Waals surface area contributed by atoms with Crippen LogP contribution < -0.4 is 20.7 Å². The van der Waals surface area contributed by atoms with Crippen LogP contribution in [-0.2, 0) is 9.59 Å². The maximum absolute atomic E-state index is 14.7. The molecule has 0 unspecified atom stereocenters. The molecule has 0 atom stereocenters. The number of carbonyl (C=O) groups excluding carboxylic acids is 3. The van der Waals surface area contributed by atoms with E-state index >= 15 is 0 Å². The van der Waals surface area contributed by atoms with E-state index in [1.807, 2.05) is 0 Å². The number of benzene rings is 2. The average molecular weight is 569 g/mol. The third kappa shape index (κ3) is 10.2. The topological polar surface area (TPSA) is 116 Å². The van der Waals surface area contributed by atoms with Crippen LogP contribution in [0, 0.1) is 11.6 Å². The molecule has 4 amide bonds. The predicted octanol–water partition coefficient (Wildman–Crippen LogP) is 5.32. The summed E-state index contributed by atoms with van der Waals surface area (Å²) in [5, 5.41) is 7.52. The maximum Gasteiger partial charge on any atom is 0.322 e. The van der Waals surface area contributed by atoms with Crippen LogP contribution in [0.5, 0.6) is 11.5 Å². The van der Waals surface area contributed by atoms with Crippen molar-refractivity contribution in [3.63, 3.8) is 0 Å². The van der Waals surface area contributed by atoms with Gasteiger partial charge < -0.3 is 25.2 Å². The normalized spacial score (nSPS) is 10.7. The molecule has 0 aliphatic rings. The largest absolute Gasteiger partial charge is 0.457 e. The Hall–Kier alpha value is -4.58. The molecule has 3 N–H and O–H groups in total. The maximum atomic E-state index is 14.7. The molecular weight excluding hydrogens is 534 g/mol. The second-order valence-corrected chi connectivity index (χ2v) is 9.13. The second kappa shape index (κ2) is 15.3. The van der Waals surface area contributed by atoms with Gasteiger partial charge in [-0.3, -0.25) is 14.9 Å². The number of urea groups is 1. The van der Waals surface area contributed by atoms with Gasteiger partial charge in [0, 0.05) is 37.6 Å². The number of halogens is 2. The van der Waals surface area contributed by atoms with Crippen LogP contribution in [-0.4, -0.2) is 65.9 Å². The van der Waals surface area contributed by atoms with E-state index < -0.39 is 29.9 Å². The van der Waals surface area contributed by atoms with Crippen molar-refractivity contribution in [2.45, 2.75) is 26.7 Å². The van der Waals surface area contributed by atoms with E-state index in [2.05, 4.69) is 39.7 Å². The highest BCUT2D eigenvalue weighted by Gasteiger charge is 2.14. The number of carbonyl (C=O) groups is 3. The van der Waals surface area contributed by atoms with E-state index in [9.17, 15) is 23.2 Å². The highest BCUT2D eigenvalue weighted by Crippen LogP contribution is 2.27. The number of amides is 4. The van der Waals surface area contributed by atoms with Crippen molar-refractivity contribution in [3.05, 3.63) is 72.4 Å². The van der Waals surface area contributed by atoms with E-state index in [0.29, 0.717) is 18.0 Å². The lowest BCUT2D eigenvalue weighted by molar-refractivity contribution is -0.123. The molecule has 1 aromatic heterocycles. The van der Waals surface area contributed by atoms with Gasteiger partial charge in [-0.2, -0.15) is 0 Å². The van der Waals surface area contributed by atoms with Crippen LogP contribution in [0.2, 0.25) is 0 Å². The summed E-state index contributed by atoms with van der Waals surface area (Å²) in [6.45, 7) is 7.61. The van der Waals surface area contributed by atoms with Crippen molar-refractivity contribution in [2.75, 3.05) is 49.2 Å². The molecule has 41 heavy (non-hydrogen) atoms. The molecule has 0 aliphatic carbocycles. The number of ether oxygens (including phenoxy) is 1. The zero-order valence-corrected chi connectivity index (χ0v) is 23.2. The highest BCUT2D eigenvalue weighted by molar-refractivity contribution is 6.08. The zero-order valence-electron chi connectivity index (χ0n) is 23.2. The van der Waals surface area contributed by atoms with Gasteiger partial charge in [-0.25, -0.2) is 18.6 Å². The number of hydrogen-bond acceptors (Lipinski definition) is 6. The summed E-state index contributed by atoms with van der Waals surface area (Å²) in [7, 11) is 1.71. The SMILES string of the molecule is CCN(CC)CCCN(C)C(=O)Nc1cc(Oc2ccc(NC(=O)CC(=O)Nc3ccc(F)cc3)c(F)c2)ccn1. The highest BCUT2D eigenvalue weighted by atomic mass is 19.1. The number of anilines is 3. The Bertz CT molecular complexity index is 1340. The molecule has 0 spiro atoms. The molecule has 0 saturated carbocycles. The fraction of sp³-hybridized carbons (Fsp3) is 0.310. The fourth-order valence-electron chi connectivity index (χ4n) is 3.80. The van der Waals surface area contributed by atoms with Crippen LogP contribution in [0.25, 0.3) is 0 Å². The first-order chi connectivity index (χ1) is 19.7. The van der Waals surface area contributed by atoms with Crippen LogP contribution in [0.3, 0.4) is 0 Å². The third-order valence-electron chi connectivity index (χ3n) is 6.07. The fourth-order valence-corrected chi connectivity index (χ4v) is 3.80. The summed E-state index contributed by atoms with van der Waals surface area (Å²) >= 11 is 0. The number of nitrogens with zero attached hydrogens (tertiary/aromatic N) is 3. The molecule has 0 saturated heterocycles. The summed E-state index contributed by atoms with van der Waals surface area (Å²) in [5.41, 5.74) is 0.192. The first-order valence-electron chi connectivity index (χ1n) is 13.2. The lowest BCUT2D eigenvalue weighted by atomic mass is 10.2. The third-order valence-corrected chi connectivity index (χ3v) is 6.07. The molecule has 0 fully saturated rings. The van der Waals surface area contributed by atoms with E-state index in [4.69, 9.17) is 4.74 Å². The number of pyridine rings is 1. The molecule has 2 aromatic carbocycles. The summed E-state index contributed by atoms with van der Waals surface area (Å²) in [6, 6.07) is 11.6. The molecule has 1 heterocycles. The van der Waals surface area contributed by atoms with Gasteiger partial charge in [0.1, 0.15) is 35.4 Å². The number of hydrogen-bond donors (Lipinski definition) is 3. The average Bonchev–Trinajstić information content (AvgIpc) is 2.94. The predicted molar refractivity (Wildman–Crippen MR) is 153 cm³/mol. The zero-order chi connectivity index (χ0) is 29.8. The minimum Gasteiger partial charge on any atom is -0.457 e. The Labute approximate surface area is 237 Å². The van der Waals surface area contributed by atoms with Gasteiger partial charge in [-0.05, 0) is 68.5 Å². The number of aromatic nitrogens is 1. The van der Waals surface area contributed by atoms with Crippen molar-refractivity contribution in [1.82, 2.24) is 14.8 Å². The molecule has 10 nitrogen and oxygen atoms in total. The molecule has 0 bridgehead atoms. The first kappa shape index (κ1) is 31.0. The van der Waals surface area contributed by atoms with Crippen molar-refractivity contribution >= 4 is 35.0 Å². The lowest BCUT2D eigenvalue weighted by Gasteiger charge is -2.21. The number of rotatable bonds is 13. The molecule has 3 rings (SSSR count). The van der Waals surface area contributed by atoms with E-state index in [1.54, 1.807) is 18.0 Å².